The third kappa shape index (κ3) is 3.44. The molecule has 5 nitrogen and oxygen atoms in total. The van der Waals surface area contributed by atoms with Crippen LogP contribution in [0, 0.1) is 6.92 Å². The number of sulfonamides is 1. The molecule has 6 heteroatoms. The molecule has 0 atom stereocenters. The van der Waals surface area contributed by atoms with E-state index in [2.05, 4.69) is 35.0 Å². The van der Waals surface area contributed by atoms with E-state index in [1.54, 1.807) is 4.31 Å². The number of nitrogens with zero attached hydrogens (tertiary/aromatic N) is 2. The number of hydrogen-bond donors (Lipinski definition) is 1. The van der Waals surface area contributed by atoms with E-state index in [0.29, 0.717) is 19.5 Å². The molecule has 23 heavy (non-hydrogen) atoms. The van der Waals surface area contributed by atoms with Crippen molar-refractivity contribution in [2.75, 3.05) is 31.9 Å². The molecule has 0 amide bonds. The minimum absolute atomic E-state index is 0.258. The maximum Gasteiger partial charge on any atom is 0.214 e. The lowest BCUT2D eigenvalue weighted by Gasteiger charge is -2.34. The number of nitrogens with one attached hydrogen (secondary N) is 1. The van der Waals surface area contributed by atoms with E-state index in [1.165, 1.54) is 22.2 Å². The fourth-order valence-corrected chi connectivity index (χ4v) is 4.81. The van der Waals surface area contributed by atoms with Crippen molar-refractivity contribution in [3.05, 3.63) is 35.5 Å². The van der Waals surface area contributed by atoms with Gasteiger partial charge in [-0.05, 0) is 25.0 Å². The Kier molecular flexibility index (Phi) is 4.75. The van der Waals surface area contributed by atoms with Gasteiger partial charge >= 0.3 is 0 Å². The van der Waals surface area contributed by atoms with Gasteiger partial charge in [0, 0.05) is 49.3 Å². The number of para-hydroxylation sites is 1. The lowest BCUT2D eigenvalue weighted by atomic mass is 10.1. The van der Waals surface area contributed by atoms with Gasteiger partial charge in [-0.1, -0.05) is 25.1 Å². The number of rotatable bonds is 5. The maximum atomic E-state index is 12.1. The highest BCUT2D eigenvalue weighted by molar-refractivity contribution is 7.89. The predicted octanol–water partition coefficient (Wildman–Crippen LogP) is 2.33. The molecule has 0 aliphatic carbocycles. The molecule has 1 fully saturated rings. The van der Waals surface area contributed by atoms with Crippen molar-refractivity contribution in [2.45, 2.75) is 26.8 Å². The fourth-order valence-electron chi connectivity index (χ4n) is 3.31. The first kappa shape index (κ1) is 16.5. The third-order valence-corrected chi connectivity index (χ3v) is 6.67. The minimum Gasteiger partial charge on any atom is -0.358 e. The zero-order chi connectivity index (χ0) is 16.4. The normalized spacial score (nSPS) is 17.8. The Morgan fingerprint density at radius 2 is 1.83 bits per heavy atom. The quantitative estimate of drug-likeness (QED) is 0.912. The second-order valence-electron chi connectivity index (χ2n) is 6.27. The fraction of sp³-hybridized carbons (Fsp3) is 0.529. The van der Waals surface area contributed by atoms with E-state index in [9.17, 15) is 8.42 Å². The van der Waals surface area contributed by atoms with Crippen molar-refractivity contribution in [1.29, 1.82) is 0 Å². The summed E-state index contributed by atoms with van der Waals surface area (Å²) < 4.78 is 25.9. The van der Waals surface area contributed by atoms with Gasteiger partial charge in [0.05, 0.1) is 5.75 Å². The summed E-state index contributed by atoms with van der Waals surface area (Å²) in [6.07, 6.45) is 0.678. The highest BCUT2D eigenvalue weighted by Gasteiger charge is 2.26. The lowest BCUT2D eigenvalue weighted by Crippen LogP contribution is -2.48. The SMILES string of the molecule is CCCS(=O)(=O)N1CCN(Cc2c(C)[nH]c3ccccc23)CC1. The number of H-pyrrole nitrogens is 1. The molecule has 3 rings (SSSR count). The summed E-state index contributed by atoms with van der Waals surface area (Å²) in [6.45, 7) is 7.68. The molecule has 0 saturated carbocycles. The molecule has 1 aliphatic rings. The van der Waals surface area contributed by atoms with Crippen LogP contribution in [0.3, 0.4) is 0 Å². The van der Waals surface area contributed by atoms with E-state index in [1.807, 2.05) is 13.0 Å². The number of piperazine rings is 1. The molecular formula is C17H25N3O2S. The van der Waals surface area contributed by atoms with Gasteiger partial charge in [0.15, 0.2) is 0 Å². The molecule has 0 bridgehead atoms. The van der Waals surface area contributed by atoms with Gasteiger partial charge in [-0.25, -0.2) is 8.42 Å². The van der Waals surface area contributed by atoms with Crippen molar-refractivity contribution in [3.63, 3.8) is 0 Å². The minimum atomic E-state index is -3.06. The van der Waals surface area contributed by atoms with Crippen molar-refractivity contribution >= 4 is 20.9 Å². The zero-order valence-electron chi connectivity index (χ0n) is 13.9. The standard InChI is InChI=1S/C17H25N3O2S/c1-3-12-23(21,22)20-10-8-19(9-11-20)13-16-14(2)18-17-7-5-4-6-15(16)17/h4-7,18H,3,8-13H2,1-2H3. The van der Waals surface area contributed by atoms with Crippen LogP contribution in [0.25, 0.3) is 10.9 Å². The summed E-state index contributed by atoms with van der Waals surface area (Å²) in [5.74, 6) is 0.258. The lowest BCUT2D eigenvalue weighted by molar-refractivity contribution is 0.182. The third-order valence-electron chi connectivity index (χ3n) is 4.60. The number of aryl methyl sites for hydroxylation is 1. The second kappa shape index (κ2) is 6.63. The maximum absolute atomic E-state index is 12.1. The van der Waals surface area contributed by atoms with Gasteiger partial charge in [0.2, 0.25) is 10.0 Å². The molecule has 2 heterocycles. The molecule has 0 unspecified atom stereocenters. The van der Waals surface area contributed by atoms with Gasteiger partial charge in [0.25, 0.3) is 0 Å². The highest BCUT2D eigenvalue weighted by atomic mass is 32.2. The van der Waals surface area contributed by atoms with Gasteiger partial charge in [-0.3, -0.25) is 4.90 Å². The average Bonchev–Trinajstić information content (AvgIpc) is 2.84. The monoisotopic (exact) mass is 335 g/mol. The average molecular weight is 335 g/mol. The summed E-state index contributed by atoms with van der Waals surface area (Å²) >= 11 is 0. The first-order valence-electron chi connectivity index (χ1n) is 8.27. The number of benzene rings is 1. The number of hydrogen-bond acceptors (Lipinski definition) is 3. The molecule has 0 spiro atoms. The Labute approximate surface area is 138 Å². The number of aromatic nitrogens is 1. The summed E-state index contributed by atoms with van der Waals surface area (Å²) in [5, 5.41) is 1.27. The topological polar surface area (TPSA) is 56.4 Å². The molecule has 1 aromatic carbocycles. The Balaban J connectivity index is 1.68. The molecule has 1 aliphatic heterocycles. The van der Waals surface area contributed by atoms with Crippen LogP contribution in [0.2, 0.25) is 0 Å². The Morgan fingerprint density at radius 1 is 1.13 bits per heavy atom. The summed E-state index contributed by atoms with van der Waals surface area (Å²) in [7, 11) is -3.06. The Morgan fingerprint density at radius 3 is 2.52 bits per heavy atom. The van der Waals surface area contributed by atoms with Gasteiger partial charge in [-0.2, -0.15) is 4.31 Å². The molecule has 1 N–H and O–H groups in total. The van der Waals surface area contributed by atoms with E-state index in [0.717, 1.165) is 19.6 Å². The summed E-state index contributed by atoms with van der Waals surface area (Å²) in [5.41, 5.74) is 3.70. The molecule has 2 aromatic rings. The molecule has 1 saturated heterocycles. The van der Waals surface area contributed by atoms with Gasteiger partial charge < -0.3 is 4.98 Å². The van der Waals surface area contributed by atoms with Crippen molar-refractivity contribution < 1.29 is 8.42 Å². The van der Waals surface area contributed by atoms with Crippen LogP contribution < -0.4 is 0 Å². The van der Waals surface area contributed by atoms with Crippen molar-refractivity contribution in [1.82, 2.24) is 14.2 Å². The second-order valence-corrected chi connectivity index (χ2v) is 8.35. The van der Waals surface area contributed by atoms with Gasteiger partial charge in [0.1, 0.15) is 0 Å². The van der Waals surface area contributed by atoms with E-state index in [4.69, 9.17) is 0 Å². The van der Waals surface area contributed by atoms with E-state index >= 15 is 0 Å². The van der Waals surface area contributed by atoms with Crippen LogP contribution in [0.1, 0.15) is 24.6 Å². The van der Waals surface area contributed by atoms with Crippen LogP contribution in [0.5, 0.6) is 0 Å². The number of fused-ring (bicyclic) bond motifs is 1. The first-order valence-corrected chi connectivity index (χ1v) is 9.88. The van der Waals surface area contributed by atoms with Crippen LogP contribution in [0.4, 0.5) is 0 Å². The Bertz CT molecular complexity index is 774. The van der Waals surface area contributed by atoms with Crippen molar-refractivity contribution in [2.24, 2.45) is 0 Å². The van der Waals surface area contributed by atoms with Gasteiger partial charge in [-0.15, -0.1) is 0 Å². The number of aromatic amines is 1. The first-order chi connectivity index (χ1) is 11.0. The van der Waals surface area contributed by atoms with Crippen LogP contribution in [-0.2, 0) is 16.6 Å². The van der Waals surface area contributed by atoms with Crippen molar-refractivity contribution in [3.8, 4) is 0 Å². The van der Waals surface area contributed by atoms with Crippen LogP contribution in [0.15, 0.2) is 24.3 Å². The summed E-state index contributed by atoms with van der Waals surface area (Å²) in [6, 6.07) is 8.35. The van der Waals surface area contributed by atoms with Crippen LogP contribution in [-0.4, -0.2) is 54.5 Å². The predicted molar refractivity (Wildman–Crippen MR) is 94.0 cm³/mol. The van der Waals surface area contributed by atoms with E-state index in [-0.39, 0.29) is 5.75 Å². The summed E-state index contributed by atoms with van der Waals surface area (Å²) in [4.78, 5) is 5.78. The smallest absolute Gasteiger partial charge is 0.214 e. The Hall–Kier alpha value is -1.37. The zero-order valence-corrected chi connectivity index (χ0v) is 14.7. The molecular weight excluding hydrogens is 310 g/mol. The molecule has 1 aromatic heterocycles. The molecule has 126 valence electrons. The largest absolute Gasteiger partial charge is 0.358 e. The van der Waals surface area contributed by atoms with E-state index < -0.39 is 10.0 Å². The highest BCUT2D eigenvalue weighted by Crippen LogP contribution is 2.24. The molecule has 0 radical (unpaired) electrons. The van der Waals surface area contributed by atoms with Crippen LogP contribution >= 0.6 is 0 Å².